The molecule has 0 saturated heterocycles. The van der Waals surface area contributed by atoms with E-state index in [4.69, 9.17) is 0 Å². The molecule has 84 valence electrons. The Balaban J connectivity index is 3.42. The zero-order valence-corrected chi connectivity index (χ0v) is 8.74. The quantitative estimate of drug-likeness (QED) is 0.620. The molecule has 0 bridgehead atoms. The molecule has 0 heterocycles. The van der Waals surface area contributed by atoms with E-state index in [1.807, 2.05) is 0 Å². The Morgan fingerprint density at radius 1 is 1.13 bits per heavy atom. The van der Waals surface area contributed by atoms with Crippen LogP contribution in [0.15, 0.2) is 12.1 Å². The van der Waals surface area contributed by atoms with Gasteiger partial charge in [-0.15, -0.1) is 0 Å². The van der Waals surface area contributed by atoms with Crippen molar-refractivity contribution >= 4 is 0 Å². The third-order valence-electron chi connectivity index (χ3n) is 2.17. The molecule has 0 aliphatic carbocycles. The van der Waals surface area contributed by atoms with Crippen molar-refractivity contribution in [2.75, 3.05) is 0 Å². The van der Waals surface area contributed by atoms with Crippen molar-refractivity contribution in [2.45, 2.75) is 32.9 Å². The summed E-state index contributed by atoms with van der Waals surface area (Å²) < 4.78 is 50.8. The van der Waals surface area contributed by atoms with Gasteiger partial charge in [-0.2, -0.15) is 13.2 Å². The number of alkyl halides is 3. The smallest absolute Gasteiger partial charge is 0.206 e. The molecule has 0 spiro atoms. The number of rotatable bonds is 1. The van der Waals surface area contributed by atoms with Crippen LogP contribution in [0.1, 0.15) is 36.5 Å². The van der Waals surface area contributed by atoms with Gasteiger partial charge in [0, 0.05) is 0 Å². The molecule has 4 heteroatoms. The maximum absolute atomic E-state index is 13.5. The molecule has 0 aliphatic rings. The molecular formula is C11H12F4. The van der Waals surface area contributed by atoms with Crippen molar-refractivity contribution < 1.29 is 17.6 Å². The molecule has 0 nitrogen and oxygen atoms in total. The second kappa shape index (κ2) is 3.83. The fraction of sp³-hybridized carbons (Fsp3) is 0.455. The van der Waals surface area contributed by atoms with E-state index in [9.17, 15) is 17.6 Å². The van der Waals surface area contributed by atoms with E-state index in [1.165, 1.54) is 13.0 Å². The molecule has 0 N–H and O–H groups in total. The van der Waals surface area contributed by atoms with Gasteiger partial charge < -0.3 is 0 Å². The van der Waals surface area contributed by atoms with Crippen LogP contribution >= 0.6 is 0 Å². The topological polar surface area (TPSA) is 0 Å². The summed E-state index contributed by atoms with van der Waals surface area (Å²) in [6.07, 6.45) is -4.63. The van der Waals surface area contributed by atoms with Crippen molar-refractivity contribution in [1.29, 1.82) is 0 Å². The first kappa shape index (κ1) is 12.0. The maximum Gasteiger partial charge on any atom is 0.419 e. The standard InChI is InChI=1S/C11H12F4/c1-6(2)8-4-7(3)5-9(10(8)12)11(13,14)15/h4-6H,1-3H3. The van der Waals surface area contributed by atoms with E-state index in [0.29, 0.717) is 5.56 Å². The van der Waals surface area contributed by atoms with E-state index >= 15 is 0 Å². The Kier molecular flexibility index (Phi) is 3.07. The third-order valence-corrected chi connectivity index (χ3v) is 2.17. The van der Waals surface area contributed by atoms with Gasteiger partial charge >= 0.3 is 6.18 Å². The molecule has 0 radical (unpaired) electrons. The first-order valence-corrected chi connectivity index (χ1v) is 4.60. The highest BCUT2D eigenvalue weighted by Gasteiger charge is 2.35. The van der Waals surface area contributed by atoms with Crippen LogP contribution in [0.2, 0.25) is 0 Å². The van der Waals surface area contributed by atoms with Gasteiger partial charge in [0.15, 0.2) is 0 Å². The first-order valence-electron chi connectivity index (χ1n) is 4.60. The lowest BCUT2D eigenvalue weighted by Crippen LogP contribution is -2.11. The molecule has 1 aromatic carbocycles. The van der Waals surface area contributed by atoms with Gasteiger partial charge in [-0.05, 0) is 24.5 Å². The fourth-order valence-electron chi connectivity index (χ4n) is 1.42. The monoisotopic (exact) mass is 220 g/mol. The van der Waals surface area contributed by atoms with E-state index in [2.05, 4.69) is 0 Å². The summed E-state index contributed by atoms with van der Waals surface area (Å²) in [7, 11) is 0. The Morgan fingerprint density at radius 2 is 1.67 bits per heavy atom. The van der Waals surface area contributed by atoms with E-state index in [1.54, 1.807) is 13.8 Å². The van der Waals surface area contributed by atoms with Crippen LogP contribution in [0.25, 0.3) is 0 Å². The van der Waals surface area contributed by atoms with Crippen LogP contribution in [0.4, 0.5) is 17.6 Å². The number of hydrogen-bond acceptors (Lipinski definition) is 0. The molecule has 0 aliphatic heterocycles. The lowest BCUT2D eigenvalue weighted by Gasteiger charge is -2.14. The van der Waals surface area contributed by atoms with Crippen molar-refractivity contribution in [1.82, 2.24) is 0 Å². The molecule has 1 aromatic rings. The number of hydrogen-bond donors (Lipinski definition) is 0. The Labute approximate surface area is 85.9 Å². The summed E-state index contributed by atoms with van der Waals surface area (Å²) in [5.74, 6) is -1.41. The van der Waals surface area contributed by atoms with Crippen molar-refractivity contribution in [2.24, 2.45) is 0 Å². The second-order valence-electron chi connectivity index (χ2n) is 3.87. The van der Waals surface area contributed by atoms with Gasteiger partial charge in [-0.1, -0.05) is 25.5 Å². The summed E-state index contributed by atoms with van der Waals surface area (Å²) in [5.41, 5.74) is -0.638. The Morgan fingerprint density at radius 3 is 2.07 bits per heavy atom. The van der Waals surface area contributed by atoms with Crippen LogP contribution in [-0.4, -0.2) is 0 Å². The molecule has 15 heavy (non-hydrogen) atoms. The molecule has 1 rings (SSSR count). The van der Waals surface area contributed by atoms with Gasteiger partial charge in [0.25, 0.3) is 0 Å². The van der Waals surface area contributed by atoms with Gasteiger partial charge in [0.05, 0.1) is 5.56 Å². The van der Waals surface area contributed by atoms with Crippen LogP contribution in [0.5, 0.6) is 0 Å². The minimum Gasteiger partial charge on any atom is -0.206 e. The summed E-state index contributed by atoms with van der Waals surface area (Å²) in [6.45, 7) is 4.86. The number of benzene rings is 1. The predicted molar refractivity (Wildman–Crippen MR) is 50.2 cm³/mol. The first-order chi connectivity index (χ1) is 6.73. The molecule has 0 aromatic heterocycles. The van der Waals surface area contributed by atoms with Gasteiger partial charge in [0.2, 0.25) is 0 Å². The average molecular weight is 220 g/mol. The minimum absolute atomic E-state index is 0.113. The lowest BCUT2D eigenvalue weighted by molar-refractivity contribution is -0.140. The highest BCUT2D eigenvalue weighted by Crippen LogP contribution is 2.35. The maximum atomic E-state index is 13.5. The van der Waals surface area contributed by atoms with E-state index < -0.39 is 17.6 Å². The van der Waals surface area contributed by atoms with Crippen molar-refractivity contribution in [3.05, 3.63) is 34.6 Å². The van der Waals surface area contributed by atoms with Gasteiger partial charge in [0.1, 0.15) is 5.82 Å². The Hall–Kier alpha value is -1.06. The van der Waals surface area contributed by atoms with Crippen LogP contribution in [0, 0.1) is 12.7 Å². The zero-order valence-electron chi connectivity index (χ0n) is 8.74. The minimum atomic E-state index is -4.63. The van der Waals surface area contributed by atoms with E-state index in [0.717, 1.165) is 6.07 Å². The zero-order chi connectivity index (χ0) is 11.8. The average Bonchev–Trinajstić information content (AvgIpc) is 2.06. The Bertz CT molecular complexity index is 364. The van der Waals surface area contributed by atoms with Crippen molar-refractivity contribution in [3.8, 4) is 0 Å². The summed E-state index contributed by atoms with van der Waals surface area (Å²) in [5, 5.41) is 0. The SMILES string of the molecule is Cc1cc(C(C)C)c(F)c(C(F)(F)F)c1. The van der Waals surface area contributed by atoms with Gasteiger partial charge in [-0.25, -0.2) is 4.39 Å². The van der Waals surface area contributed by atoms with Gasteiger partial charge in [-0.3, -0.25) is 0 Å². The normalized spacial score (nSPS) is 12.3. The number of halogens is 4. The predicted octanol–water partition coefficient (Wildman–Crippen LogP) is 4.28. The van der Waals surface area contributed by atoms with Crippen LogP contribution < -0.4 is 0 Å². The molecule has 0 unspecified atom stereocenters. The van der Waals surface area contributed by atoms with Crippen LogP contribution in [0.3, 0.4) is 0 Å². The number of aryl methyl sites for hydroxylation is 1. The highest BCUT2D eigenvalue weighted by atomic mass is 19.4. The molecule has 0 saturated carbocycles. The summed E-state index contributed by atoms with van der Waals surface area (Å²) in [6, 6.07) is 2.29. The molecule has 0 atom stereocenters. The molecule has 0 amide bonds. The van der Waals surface area contributed by atoms with Crippen LogP contribution in [-0.2, 0) is 6.18 Å². The molecular weight excluding hydrogens is 208 g/mol. The lowest BCUT2D eigenvalue weighted by atomic mass is 9.97. The second-order valence-corrected chi connectivity index (χ2v) is 3.87. The van der Waals surface area contributed by atoms with Crippen molar-refractivity contribution in [3.63, 3.8) is 0 Å². The highest BCUT2D eigenvalue weighted by molar-refractivity contribution is 5.34. The fourth-order valence-corrected chi connectivity index (χ4v) is 1.42. The largest absolute Gasteiger partial charge is 0.419 e. The molecule has 0 fully saturated rings. The van der Waals surface area contributed by atoms with E-state index in [-0.39, 0.29) is 11.5 Å². The summed E-state index contributed by atoms with van der Waals surface area (Å²) in [4.78, 5) is 0. The summed E-state index contributed by atoms with van der Waals surface area (Å²) >= 11 is 0. The third kappa shape index (κ3) is 2.49.